The molecule has 120 valence electrons. The van der Waals surface area contributed by atoms with Crippen LogP contribution in [0, 0.1) is 11.3 Å². The SMILES string of the molecule is COC(=O)N1CCC[C@]2(CCC(=O)N(CCC(C)C)C2)C1. The summed E-state index contributed by atoms with van der Waals surface area (Å²) in [5.74, 6) is 0.880. The number of ether oxygens (including phenoxy) is 1. The Bertz CT molecular complexity index is 397. The van der Waals surface area contributed by atoms with Gasteiger partial charge in [0.1, 0.15) is 0 Å². The Morgan fingerprint density at radius 2 is 2.10 bits per heavy atom. The standard InChI is InChI=1S/C16H28N2O3/c1-13(2)6-10-17-11-16(8-5-14(17)19)7-4-9-18(12-16)15(20)21-3/h13H,4-12H2,1-3H3/t16-/m1/s1. The predicted octanol–water partition coefficient (Wildman–Crippen LogP) is 2.50. The van der Waals surface area contributed by atoms with Gasteiger partial charge in [-0.25, -0.2) is 4.79 Å². The van der Waals surface area contributed by atoms with Crippen molar-refractivity contribution in [1.29, 1.82) is 0 Å². The number of piperidine rings is 2. The van der Waals surface area contributed by atoms with Gasteiger partial charge in [-0.1, -0.05) is 13.8 Å². The minimum atomic E-state index is -0.236. The fourth-order valence-electron chi connectivity index (χ4n) is 3.55. The molecule has 1 atom stereocenters. The van der Waals surface area contributed by atoms with Gasteiger partial charge in [0.25, 0.3) is 0 Å². The van der Waals surface area contributed by atoms with Gasteiger partial charge in [0.05, 0.1) is 7.11 Å². The van der Waals surface area contributed by atoms with Crippen molar-refractivity contribution in [2.45, 2.75) is 46.0 Å². The lowest BCUT2D eigenvalue weighted by Crippen LogP contribution is -2.55. The number of methoxy groups -OCH3 is 1. The molecule has 2 aliphatic rings. The monoisotopic (exact) mass is 296 g/mol. The average Bonchev–Trinajstić information content (AvgIpc) is 2.47. The maximum Gasteiger partial charge on any atom is 0.409 e. The van der Waals surface area contributed by atoms with E-state index in [4.69, 9.17) is 4.74 Å². The van der Waals surface area contributed by atoms with E-state index in [0.717, 1.165) is 51.9 Å². The van der Waals surface area contributed by atoms with Gasteiger partial charge < -0.3 is 14.5 Å². The third-order valence-electron chi connectivity index (χ3n) is 4.82. The van der Waals surface area contributed by atoms with Crippen LogP contribution in [0.2, 0.25) is 0 Å². The van der Waals surface area contributed by atoms with E-state index in [0.29, 0.717) is 12.3 Å². The van der Waals surface area contributed by atoms with E-state index in [9.17, 15) is 9.59 Å². The summed E-state index contributed by atoms with van der Waals surface area (Å²) in [5.41, 5.74) is 0.0807. The molecule has 5 nitrogen and oxygen atoms in total. The Hall–Kier alpha value is -1.26. The molecule has 0 saturated carbocycles. The van der Waals surface area contributed by atoms with Crippen LogP contribution in [-0.4, -0.2) is 55.1 Å². The highest BCUT2D eigenvalue weighted by molar-refractivity contribution is 5.77. The van der Waals surface area contributed by atoms with Gasteiger partial charge in [-0.15, -0.1) is 0 Å². The van der Waals surface area contributed by atoms with Crippen LogP contribution in [0.3, 0.4) is 0 Å². The van der Waals surface area contributed by atoms with Gasteiger partial charge in [-0.2, -0.15) is 0 Å². The molecule has 0 aromatic rings. The molecule has 2 saturated heterocycles. The van der Waals surface area contributed by atoms with Gasteiger partial charge in [0.15, 0.2) is 0 Å². The van der Waals surface area contributed by atoms with Crippen LogP contribution in [0.15, 0.2) is 0 Å². The number of rotatable bonds is 3. The maximum absolute atomic E-state index is 12.1. The van der Waals surface area contributed by atoms with Crippen LogP contribution in [0.25, 0.3) is 0 Å². The molecule has 2 aliphatic heterocycles. The largest absolute Gasteiger partial charge is 0.453 e. The average molecular weight is 296 g/mol. The van der Waals surface area contributed by atoms with Crippen LogP contribution in [0.5, 0.6) is 0 Å². The molecule has 0 radical (unpaired) electrons. The molecule has 1 spiro atoms. The Labute approximate surface area is 127 Å². The summed E-state index contributed by atoms with van der Waals surface area (Å²) in [6.07, 6.45) is 4.43. The van der Waals surface area contributed by atoms with Gasteiger partial charge in [0, 0.05) is 38.0 Å². The highest BCUT2D eigenvalue weighted by Gasteiger charge is 2.42. The molecule has 2 fully saturated rings. The lowest BCUT2D eigenvalue weighted by molar-refractivity contribution is -0.139. The Kier molecular flexibility index (Phi) is 5.12. The molecule has 0 unspecified atom stereocenters. The fourth-order valence-corrected chi connectivity index (χ4v) is 3.55. The summed E-state index contributed by atoms with van der Waals surface area (Å²) >= 11 is 0. The molecule has 0 aromatic heterocycles. The topological polar surface area (TPSA) is 49.9 Å². The minimum Gasteiger partial charge on any atom is -0.453 e. The van der Waals surface area contributed by atoms with Crippen molar-refractivity contribution in [3.8, 4) is 0 Å². The molecule has 0 bridgehead atoms. The van der Waals surface area contributed by atoms with Crippen LogP contribution in [0.1, 0.15) is 46.0 Å². The minimum absolute atomic E-state index is 0.0807. The molecule has 2 heterocycles. The number of amides is 2. The van der Waals surface area contributed by atoms with Crippen molar-refractivity contribution < 1.29 is 14.3 Å². The first-order chi connectivity index (χ1) is 9.96. The predicted molar refractivity (Wildman–Crippen MR) is 80.9 cm³/mol. The van der Waals surface area contributed by atoms with Crippen molar-refractivity contribution in [3.05, 3.63) is 0 Å². The van der Waals surface area contributed by atoms with Crippen molar-refractivity contribution >= 4 is 12.0 Å². The number of nitrogens with zero attached hydrogens (tertiary/aromatic N) is 2. The number of likely N-dealkylation sites (tertiary alicyclic amines) is 2. The molecule has 2 rings (SSSR count). The van der Waals surface area contributed by atoms with Gasteiger partial charge >= 0.3 is 6.09 Å². The van der Waals surface area contributed by atoms with E-state index >= 15 is 0 Å². The fraction of sp³-hybridized carbons (Fsp3) is 0.875. The highest BCUT2D eigenvalue weighted by Crippen LogP contribution is 2.39. The van der Waals surface area contributed by atoms with Crippen LogP contribution in [-0.2, 0) is 9.53 Å². The van der Waals surface area contributed by atoms with Crippen LogP contribution < -0.4 is 0 Å². The van der Waals surface area contributed by atoms with E-state index in [1.807, 2.05) is 4.90 Å². The lowest BCUT2D eigenvalue weighted by atomic mass is 9.73. The summed E-state index contributed by atoms with van der Waals surface area (Å²) in [6, 6.07) is 0. The molecular formula is C16H28N2O3. The maximum atomic E-state index is 12.1. The number of carbonyl (C=O) groups is 2. The van der Waals surface area contributed by atoms with E-state index in [-0.39, 0.29) is 17.4 Å². The third-order valence-corrected chi connectivity index (χ3v) is 4.82. The Balaban J connectivity index is 2.01. The molecular weight excluding hydrogens is 268 g/mol. The number of carbonyl (C=O) groups excluding carboxylic acids is 2. The smallest absolute Gasteiger partial charge is 0.409 e. The lowest BCUT2D eigenvalue weighted by Gasteiger charge is -2.48. The Morgan fingerprint density at radius 1 is 1.33 bits per heavy atom. The number of hydrogen-bond donors (Lipinski definition) is 0. The van der Waals surface area contributed by atoms with Crippen LogP contribution in [0.4, 0.5) is 4.79 Å². The van der Waals surface area contributed by atoms with Crippen LogP contribution >= 0.6 is 0 Å². The van der Waals surface area contributed by atoms with Crippen molar-refractivity contribution in [2.24, 2.45) is 11.3 Å². The summed E-state index contributed by atoms with van der Waals surface area (Å²) in [4.78, 5) is 27.7. The Morgan fingerprint density at radius 3 is 2.76 bits per heavy atom. The second-order valence-electron chi connectivity index (χ2n) is 6.99. The normalized spacial score (nSPS) is 26.6. The first-order valence-electron chi connectivity index (χ1n) is 8.06. The van der Waals surface area contributed by atoms with Gasteiger partial charge in [-0.05, 0) is 31.6 Å². The summed E-state index contributed by atoms with van der Waals surface area (Å²) in [7, 11) is 1.43. The summed E-state index contributed by atoms with van der Waals surface area (Å²) in [6.45, 7) is 7.51. The third kappa shape index (κ3) is 3.89. The summed E-state index contributed by atoms with van der Waals surface area (Å²) < 4.78 is 4.86. The van der Waals surface area contributed by atoms with E-state index in [2.05, 4.69) is 13.8 Å². The number of hydrogen-bond acceptors (Lipinski definition) is 3. The second kappa shape index (κ2) is 6.67. The zero-order chi connectivity index (χ0) is 15.5. The molecule has 0 aromatic carbocycles. The quantitative estimate of drug-likeness (QED) is 0.804. The van der Waals surface area contributed by atoms with Crippen molar-refractivity contribution in [2.75, 3.05) is 33.3 Å². The van der Waals surface area contributed by atoms with E-state index in [1.54, 1.807) is 4.90 Å². The van der Waals surface area contributed by atoms with Crippen molar-refractivity contribution in [1.82, 2.24) is 9.80 Å². The first kappa shape index (κ1) is 16.1. The van der Waals surface area contributed by atoms with E-state index in [1.165, 1.54) is 7.11 Å². The molecule has 0 aliphatic carbocycles. The van der Waals surface area contributed by atoms with Gasteiger partial charge in [0.2, 0.25) is 5.91 Å². The molecule has 0 N–H and O–H groups in total. The van der Waals surface area contributed by atoms with E-state index < -0.39 is 0 Å². The second-order valence-corrected chi connectivity index (χ2v) is 6.99. The molecule has 2 amide bonds. The zero-order valence-corrected chi connectivity index (χ0v) is 13.6. The molecule has 5 heteroatoms. The highest BCUT2D eigenvalue weighted by atomic mass is 16.5. The van der Waals surface area contributed by atoms with Gasteiger partial charge in [-0.3, -0.25) is 4.79 Å². The zero-order valence-electron chi connectivity index (χ0n) is 13.6. The summed E-state index contributed by atoms with van der Waals surface area (Å²) in [5, 5.41) is 0. The van der Waals surface area contributed by atoms with Crippen molar-refractivity contribution in [3.63, 3.8) is 0 Å². The molecule has 21 heavy (non-hydrogen) atoms. The first-order valence-corrected chi connectivity index (χ1v) is 8.06.